The lowest BCUT2D eigenvalue weighted by atomic mass is 10.0. The largest absolute Gasteiger partial charge is 0.416 e. The van der Waals surface area contributed by atoms with Crippen LogP contribution in [0.1, 0.15) is 49.0 Å². The minimum absolute atomic E-state index is 0.0268. The molecule has 0 spiro atoms. The highest BCUT2D eigenvalue weighted by atomic mass is 31.0. The summed E-state index contributed by atoms with van der Waals surface area (Å²) < 4.78 is 55.0. The normalized spacial score (nSPS) is 11.7. The lowest BCUT2D eigenvalue weighted by Gasteiger charge is -2.27. The van der Waals surface area contributed by atoms with Gasteiger partial charge in [-0.25, -0.2) is 14.1 Å². The molecule has 0 unspecified atom stereocenters. The van der Waals surface area contributed by atoms with E-state index in [0.29, 0.717) is 66.6 Å². The number of benzene rings is 3. The van der Waals surface area contributed by atoms with E-state index in [4.69, 9.17) is 10.1 Å². The molecule has 0 saturated heterocycles. The molecule has 0 fully saturated rings. The molecule has 1 aromatic heterocycles. The van der Waals surface area contributed by atoms with E-state index in [1.807, 2.05) is 31.2 Å². The van der Waals surface area contributed by atoms with Crippen LogP contribution < -0.4 is 0 Å². The monoisotopic (exact) mass is 653 g/mol. The Morgan fingerprint density at radius 1 is 0.870 bits per heavy atom. The van der Waals surface area contributed by atoms with Gasteiger partial charge in [0.1, 0.15) is 23.3 Å². The zero-order valence-corrected chi connectivity index (χ0v) is 27.4. The van der Waals surface area contributed by atoms with Crippen LogP contribution in [0.5, 0.6) is 0 Å². The van der Waals surface area contributed by atoms with E-state index < -0.39 is 11.7 Å². The fourth-order valence-electron chi connectivity index (χ4n) is 5.20. The van der Waals surface area contributed by atoms with Gasteiger partial charge in [-0.1, -0.05) is 84.2 Å². The quantitative estimate of drug-likeness (QED) is 0.105. The Labute approximate surface area is 269 Å². The van der Waals surface area contributed by atoms with Crippen LogP contribution in [-0.2, 0) is 43.3 Å². The lowest BCUT2D eigenvalue weighted by Crippen LogP contribution is -2.40. The molecule has 244 valence electrons. The van der Waals surface area contributed by atoms with Gasteiger partial charge in [-0.05, 0) is 66.4 Å². The van der Waals surface area contributed by atoms with Crippen molar-refractivity contribution in [1.82, 2.24) is 24.6 Å². The third kappa shape index (κ3) is 9.33. The van der Waals surface area contributed by atoms with Gasteiger partial charge in [0.2, 0.25) is 5.91 Å². The molecule has 0 bridgehead atoms. The molecule has 1 amide bonds. The van der Waals surface area contributed by atoms with Gasteiger partial charge in [-0.3, -0.25) is 4.79 Å². The first kappa shape index (κ1) is 35.0. The molecule has 1 heterocycles. The van der Waals surface area contributed by atoms with E-state index >= 15 is 0 Å². The average Bonchev–Trinajstić information content (AvgIpc) is 3.05. The van der Waals surface area contributed by atoms with E-state index in [0.717, 1.165) is 36.3 Å². The predicted octanol–water partition coefficient (Wildman–Crippen LogP) is 7.50. The molecule has 0 aliphatic carbocycles. The summed E-state index contributed by atoms with van der Waals surface area (Å²) in [5.41, 5.74) is 2.94. The Hall–Kier alpha value is -3.88. The summed E-state index contributed by atoms with van der Waals surface area (Å²) >= 11 is 0. The Balaban J connectivity index is 1.55. The number of amides is 1. The number of carbonyl (C=O) groups is 1. The van der Waals surface area contributed by atoms with Crippen LogP contribution in [0, 0.1) is 10.9 Å². The molecule has 4 rings (SSSR count). The summed E-state index contributed by atoms with van der Waals surface area (Å²) in [4.78, 5) is 22.7. The second-order valence-electron chi connectivity index (χ2n) is 11.0. The van der Waals surface area contributed by atoms with Crippen molar-refractivity contribution in [2.24, 2.45) is 0 Å². The molecule has 11 heteroatoms. The lowest BCUT2D eigenvalue weighted by molar-refractivity contribution is -0.137. The van der Waals surface area contributed by atoms with E-state index in [-0.39, 0.29) is 18.3 Å². The number of halogens is 4. The average molecular weight is 654 g/mol. The summed E-state index contributed by atoms with van der Waals surface area (Å²) in [6.45, 7) is 9.34. The molecule has 0 aliphatic heterocycles. The molecule has 0 N–H and O–H groups in total. The number of alkyl halides is 3. The Kier molecular flexibility index (Phi) is 12.2. The van der Waals surface area contributed by atoms with Crippen LogP contribution in [0.2, 0.25) is 0 Å². The molecular formula is C35H40F4N5OP. The van der Waals surface area contributed by atoms with Gasteiger partial charge in [0.15, 0.2) is 0 Å². The molecule has 0 aliphatic rings. The van der Waals surface area contributed by atoms with Crippen LogP contribution in [-0.4, -0.2) is 56.7 Å². The highest BCUT2D eigenvalue weighted by molar-refractivity contribution is 7.06. The maximum atomic E-state index is 14.3. The minimum Gasteiger partial charge on any atom is -0.335 e. The number of aryl methyl sites for hydroxylation is 3. The van der Waals surface area contributed by atoms with Crippen molar-refractivity contribution in [3.8, 4) is 11.1 Å². The second kappa shape index (κ2) is 16.1. The molecule has 46 heavy (non-hydrogen) atoms. The number of likely N-dealkylation sites (N-methyl/N-ethyl adjacent to an activating group) is 1. The first-order valence-electron chi connectivity index (χ1n) is 15.5. The smallest absolute Gasteiger partial charge is 0.335 e. The van der Waals surface area contributed by atoms with E-state index in [9.17, 15) is 22.4 Å². The van der Waals surface area contributed by atoms with Gasteiger partial charge in [0.05, 0.1) is 11.3 Å². The summed E-state index contributed by atoms with van der Waals surface area (Å²) in [7, 11) is 3.56. The number of nitrogens with zero attached hydrogens (tertiary/aromatic N) is 5. The van der Waals surface area contributed by atoms with Gasteiger partial charge in [-0.2, -0.15) is 18.3 Å². The van der Waals surface area contributed by atoms with Crippen LogP contribution >= 0.6 is 8.86 Å². The van der Waals surface area contributed by atoms with Gasteiger partial charge in [0.25, 0.3) is 0 Å². The van der Waals surface area contributed by atoms with Gasteiger partial charge >= 0.3 is 6.18 Å². The zero-order chi connectivity index (χ0) is 33.3. The van der Waals surface area contributed by atoms with Crippen molar-refractivity contribution in [1.29, 1.82) is 0 Å². The van der Waals surface area contributed by atoms with Crippen molar-refractivity contribution in [2.45, 2.75) is 59.3 Å². The number of rotatable bonds is 14. The SMILES string of the molecule is CCc1nn(CC(=O)N(CCN(CC)CC)Cc2ccc(-c3ccc(C(F)(F)F)cc3)cc2)c(CCc2ccccc2F)nc1=P. The first-order chi connectivity index (χ1) is 22.0. The van der Waals surface area contributed by atoms with Crippen LogP contribution in [0.3, 0.4) is 0 Å². The third-order valence-electron chi connectivity index (χ3n) is 8.06. The Morgan fingerprint density at radius 2 is 1.50 bits per heavy atom. The van der Waals surface area contributed by atoms with Crippen molar-refractivity contribution >= 4 is 14.8 Å². The number of hydrogen-bond donors (Lipinski definition) is 0. The topological polar surface area (TPSA) is 54.3 Å². The number of aromatic nitrogens is 3. The highest BCUT2D eigenvalue weighted by Crippen LogP contribution is 2.31. The minimum atomic E-state index is -4.39. The van der Waals surface area contributed by atoms with E-state index in [1.54, 1.807) is 27.8 Å². The predicted molar refractivity (Wildman–Crippen MR) is 175 cm³/mol. The van der Waals surface area contributed by atoms with Gasteiger partial charge < -0.3 is 9.80 Å². The van der Waals surface area contributed by atoms with E-state index in [2.05, 4.69) is 27.6 Å². The van der Waals surface area contributed by atoms with Crippen molar-refractivity contribution in [3.63, 3.8) is 0 Å². The van der Waals surface area contributed by atoms with Crippen LogP contribution in [0.15, 0.2) is 72.8 Å². The van der Waals surface area contributed by atoms with Gasteiger partial charge in [0, 0.05) is 26.1 Å². The Morgan fingerprint density at radius 3 is 2.09 bits per heavy atom. The van der Waals surface area contributed by atoms with Crippen LogP contribution in [0.25, 0.3) is 11.1 Å². The number of carbonyl (C=O) groups excluding carboxylic acids is 1. The molecular weight excluding hydrogens is 613 g/mol. The molecule has 3 aromatic carbocycles. The molecule has 0 radical (unpaired) electrons. The number of hydrogen-bond acceptors (Lipinski definition) is 4. The summed E-state index contributed by atoms with van der Waals surface area (Å²) in [6, 6.07) is 19.2. The molecule has 0 saturated carbocycles. The standard InChI is InChI=1S/C35H40F4N5OP/c1-4-31-34(46)40-32(20-17-28-9-7-8-10-30(28)36)44(41-31)24-33(45)43(22-21-42(5-2)6-3)23-25-11-13-26(14-12-25)27-15-18-29(19-16-27)35(37,38)39/h7-16,18-19,46H,4-6,17,20-24H2,1-3H3. The third-order valence-corrected chi connectivity index (χ3v) is 8.46. The zero-order valence-electron chi connectivity index (χ0n) is 26.4. The summed E-state index contributed by atoms with van der Waals surface area (Å²) in [6.07, 6.45) is -2.97. The van der Waals surface area contributed by atoms with E-state index in [1.165, 1.54) is 18.2 Å². The fraction of sp³-hybridized carbons (Fsp3) is 0.371. The maximum absolute atomic E-state index is 14.3. The maximum Gasteiger partial charge on any atom is 0.416 e. The van der Waals surface area contributed by atoms with Gasteiger partial charge in [-0.15, -0.1) is 0 Å². The fourth-order valence-corrected chi connectivity index (χ4v) is 5.55. The summed E-state index contributed by atoms with van der Waals surface area (Å²) in [5, 5.41) is 5.33. The summed E-state index contributed by atoms with van der Waals surface area (Å²) in [5.74, 6) is 0.159. The Bertz CT molecular complexity index is 1650. The van der Waals surface area contributed by atoms with Crippen molar-refractivity contribution < 1.29 is 22.4 Å². The molecule has 4 aromatic rings. The second-order valence-corrected chi connectivity index (χ2v) is 11.5. The first-order valence-corrected chi connectivity index (χ1v) is 16.0. The van der Waals surface area contributed by atoms with Crippen LogP contribution in [0.4, 0.5) is 17.6 Å². The highest BCUT2D eigenvalue weighted by Gasteiger charge is 2.30. The molecule has 0 atom stereocenters. The molecule has 6 nitrogen and oxygen atoms in total. The van der Waals surface area contributed by atoms with Crippen molar-refractivity contribution in [3.05, 3.63) is 112 Å². The van der Waals surface area contributed by atoms with Crippen molar-refractivity contribution in [2.75, 3.05) is 26.2 Å².